The van der Waals surface area contributed by atoms with E-state index < -0.39 is 15.9 Å². The first-order valence-electron chi connectivity index (χ1n) is 6.73. The molecule has 6 nitrogen and oxygen atoms in total. The maximum Gasteiger partial charge on any atom is 0.291 e. The minimum Gasteiger partial charge on any atom is -0.440 e. The molecule has 0 atom stereocenters. The van der Waals surface area contributed by atoms with Crippen LogP contribution in [0.2, 0.25) is 5.22 Å². The van der Waals surface area contributed by atoms with Crippen LogP contribution in [0.3, 0.4) is 0 Å². The highest BCUT2D eigenvalue weighted by Gasteiger charge is 2.21. The van der Waals surface area contributed by atoms with Gasteiger partial charge in [-0.3, -0.25) is 4.79 Å². The maximum atomic E-state index is 12.3. The van der Waals surface area contributed by atoms with Crippen LogP contribution < -0.4 is 5.32 Å². The number of carbonyl (C=O) groups is 1. The largest absolute Gasteiger partial charge is 0.440 e. The summed E-state index contributed by atoms with van der Waals surface area (Å²) in [5.41, 5.74) is 1.93. The van der Waals surface area contributed by atoms with E-state index in [0.29, 0.717) is 5.69 Å². The first-order valence-corrected chi connectivity index (χ1v) is 8.55. The molecule has 0 aliphatic heterocycles. The summed E-state index contributed by atoms with van der Waals surface area (Å²) in [4.78, 5) is 12.3. The topological polar surface area (TPSA) is 79.6 Å². The van der Waals surface area contributed by atoms with Crippen LogP contribution in [0.15, 0.2) is 33.6 Å². The normalized spacial score (nSPS) is 11.7. The molecule has 0 saturated carbocycles. The van der Waals surface area contributed by atoms with Gasteiger partial charge in [0.1, 0.15) is 0 Å². The second kappa shape index (κ2) is 6.35. The number of furan rings is 1. The number of anilines is 1. The summed E-state index contributed by atoms with van der Waals surface area (Å²) in [6.07, 6.45) is 0. The van der Waals surface area contributed by atoms with Crippen molar-refractivity contribution < 1.29 is 17.6 Å². The SMILES string of the molecule is Cc1cc(S(=O)(=O)N(C)C)cc(NC(=O)c2ccc(Cl)o2)c1C. The fourth-order valence-corrected chi connectivity index (χ4v) is 3.10. The van der Waals surface area contributed by atoms with E-state index in [2.05, 4.69) is 5.32 Å². The zero-order chi connectivity index (χ0) is 17.4. The number of nitrogens with zero attached hydrogens (tertiary/aromatic N) is 1. The molecule has 1 N–H and O–H groups in total. The lowest BCUT2D eigenvalue weighted by molar-refractivity contribution is 0.0996. The van der Waals surface area contributed by atoms with Gasteiger partial charge in [0, 0.05) is 19.8 Å². The van der Waals surface area contributed by atoms with Crippen LogP contribution in [0, 0.1) is 13.8 Å². The van der Waals surface area contributed by atoms with Crippen molar-refractivity contribution in [3.05, 3.63) is 46.4 Å². The maximum absolute atomic E-state index is 12.3. The Bertz CT molecular complexity index is 856. The van der Waals surface area contributed by atoms with Crippen molar-refractivity contribution in [1.29, 1.82) is 0 Å². The molecule has 2 rings (SSSR count). The van der Waals surface area contributed by atoms with Gasteiger partial charge in [0.05, 0.1) is 4.90 Å². The zero-order valence-electron chi connectivity index (χ0n) is 13.2. The first kappa shape index (κ1) is 17.5. The van der Waals surface area contributed by atoms with Crippen LogP contribution in [0.4, 0.5) is 5.69 Å². The van der Waals surface area contributed by atoms with Gasteiger partial charge in [-0.2, -0.15) is 0 Å². The molecule has 124 valence electrons. The van der Waals surface area contributed by atoms with Crippen molar-refractivity contribution in [3.63, 3.8) is 0 Å². The molecule has 0 aliphatic carbocycles. The average Bonchev–Trinajstić information content (AvgIpc) is 2.90. The number of benzene rings is 1. The Labute approximate surface area is 140 Å². The summed E-state index contributed by atoms with van der Waals surface area (Å²) >= 11 is 5.65. The minimum atomic E-state index is -3.60. The number of sulfonamides is 1. The fraction of sp³-hybridized carbons (Fsp3) is 0.267. The Morgan fingerprint density at radius 2 is 1.87 bits per heavy atom. The molecular weight excluding hydrogens is 340 g/mol. The van der Waals surface area contributed by atoms with Gasteiger partial charge >= 0.3 is 0 Å². The average molecular weight is 357 g/mol. The first-order chi connectivity index (χ1) is 10.6. The number of nitrogens with one attached hydrogen (secondary N) is 1. The highest BCUT2D eigenvalue weighted by atomic mass is 35.5. The molecule has 1 amide bonds. The van der Waals surface area contributed by atoms with Crippen molar-refractivity contribution in [2.45, 2.75) is 18.7 Å². The van der Waals surface area contributed by atoms with E-state index in [-0.39, 0.29) is 15.9 Å². The Kier molecular flexibility index (Phi) is 4.84. The Hall–Kier alpha value is -1.83. The molecule has 0 spiro atoms. The van der Waals surface area contributed by atoms with Gasteiger partial charge in [0.25, 0.3) is 5.91 Å². The number of aryl methyl sites for hydroxylation is 1. The zero-order valence-corrected chi connectivity index (χ0v) is 14.7. The smallest absolute Gasteiger partial charge is 0.291 e. The Balaban J connectivity index is 2.43. The number of rotatable bonds is 4. The molecular formula is C15H17ClN2O4S. The van der Waals surface area contributed by atoms with E-state index >= 15 is 0 Å². The molecule has 2 aromatic rings. The van der Waals surface area contributed by atoms with E-state index in [4.69, 9.17) is 16.0 Å². The Morgan fingerprint density at radius 3 is 2.39 bits per heavy atom. The fourth-order valence-electron chi connectivity index (χ4n) is 1.94. The molecule has 0 aliphatic rings. The molecule has 0 radical (unpaired) electrons. The lowest BCUT2D eigenvalue weighted by Crippen LogP contribution is -2.23. The summed E-state index contributed by atoms with van der Waals surface area (Å²) in [6, 6.07) is 5.91. The molecule has 0 fully saturated rings. The lowest BCUT2D eigenvalue weighted by atomic mass is 10.1. The van der Waals surface area contributed by atoms with Crippen molar-refractivity contribution in [3.8, 4) is 0 Å². The van der Waals surface area contributed by atoms with Gasteiger partial charge < -0.3 is 9.73 Å². The van der Waals surface area contributed by atoms with Crippen LogP contribution in [0.1, 0.15) is 21.7 Å². The van der Waals surface area contributed by atoms with Gasteiger partial charge in [0.15, 0.2) is 11.0 Å². The summed E-state index contributed by atoms with van der Waals surface area (Å²) < 4.78 is 30.7. The van der Waals surface area contributed by atoms with Crippen molar-refractivity contribution in [2.24, 2.45) is 0 Å². The van der Waals surface area contributed by atoms with Crippen LogP contribution in [-0.4, -0.2) is 32.7 Å². The van der Waals surface area contributed by atoms with E-state index in [1.165, 1.54) is 32.3 Å². The highest BCUT2D eigenvalue weighted by molar-refractivity contribution is 7.89. The third-order valence-electron chi connectivity index (χ3n) is 3.46. The van der Waals surface area contributed by atoms with Gasteiger partial charge in [-0.25, -0.2) is 12.7 Å². The molecule has 0 unspecified atom stereocenters. The second-order valence-corrected chi connectivity index (χ2v) is 7.78. The number of hydrogen-bond acceptors (Lipinski definition) is 4. The van der Waals surface area contributed by atoms with Gasteiger partial charge in [-0.1, -0.05) is 0 Å². The van der Waals surface area contributed by atoms with E-state index in [1.54, 1.807) is 19.9 Å². The van der Waals surface area contributed by atoms with Crippen LogP contribution >= 0.6 is 11.6 Å². The molecule has 1 heterocycles. The van der Waals surface area contributed by atoms with E-state index in [1.807, 2.05) is 0 Å². The van der Waals surface area contributed by atoms with Crippen LogP contribution in [0.5, 0.6) is 0 Å². The minimum absolute atomic E-state index is 0.0490. The number of amides is 1. The second-order valence-electron chi connectivity index (χ2n) is 5.26. The third-order valence-corrected chi connectivity index (χ3v) is 5.46. The molecule has 8 heteroatoms. The Morgan fingerprint density at radius 1 is 1.22 bits per heavy atom. The predicted octanol–water partition coefficient (Wildman–Crippen LogP) is 3.05. The predicted molar refractivity (Wildman–Crippen MR) is 88.5 cm³/mol. The number of carbonyl (C=O) groups excluding carboxylic acids is 1. The molecule has 0 bridgehead atoms. The van der Waals surface area contributed by atoms with E-state index in [0.717, 1.165) is 15.4 Å². The monoisotopic (exact) mass is 356 g/mol. The summed E-state index contributed by atoms with van der Waals surface area (Å²) in [6.45, 7) is 3.58. The summed E-state index contributed by atoms with van der Waals surface area (Å²) in [5.74, 6) is -0.452. The molecule has 1 aromatic carbocycles. The van der Waals surface area contributed by atoms with Gasteiger partial charge in [-0.05, 0) is 60.8 Å². The summed E-state index contributed by atoms with van der Waals surface area (Å²) in [5, 5.41) is 2.76. The number of hydrogen-bond donors (Lipinski definition) is 1. The van der Waals surface area contributed by atoms with Crippen LogP contribution in [0.25, 0.3) is 0 Å². The van der Waals surface area contributed by atoms with Crippen molar-refractivity contribution >= 4 is 33.2 Å². The molecule has 1 aromatic heterocycles. The quantitative estimate of drug-likeness (QED) is 0.913. The standard InChI is InChI=1S/C15H17ClN2O4S/c1-9-7-11(23(20,21)18(3)4)8-12(10(9)2)17-15(19)13-5-6-14(16)22-13/h5-8H,1-4H3,(H,17,19). The van der Waals surface area contributed by atoms with Crippen molar-refractivity contribution in [2.75, 3.05) is 19.4 Å². The van der Waals surface area contributed by atoms with E-state index in [9.17, 15) is 13.2 Å². The molecule has 0 saturated heterocycles. The molecule has 23 heavy (non-hydrogen) atoms. The lowest BCUT2D eigenvalue weighted by Gasteiger charge is -2.16. The van der Waals surface area contributed by atoms with Gasteiger partial charge in [-0.15, -0.1) is 0 Å². The summed E-state index contributed by atoms with van der Waals surface area (Å²) in [7, 11) is -0.693. The number of halogens is 1. The van der Waals surface area contributed by atoms with Crippen LogP contribution in [-0.2, 0) is 10.0 Å². The van der Waals surface area contributed by atoms with Crippen molar-refractivity contribution in [1.82, 2.24) is 4.31 Å². The highest BCUT2D eigenvalue weighted by Crippen LogP contribution is 2.26. The third kappa shape index (κ3) is 3.57. The van der Waals surface area contributed by atoms with Gasteiger partial charge in [0.2, 0.25) is 10.0 Å².